The number of aryl methyl sites for hydroxylation is 1. The molecule has 3 N–H and O–H groups in total. The molecule has 1 aromatic rings. The number of hydrogen-bond donors (Lipinski definition) is 2. The molecule has 1 aromatic heterocycles. The average molecular weight is 263 g/mol. The molecule has 1 saturated carbocycles. The average Bonchev–Trinajstić information content (AvgIpc) is 2.86. The highest BCUT2D eigenvalue weighted by Crippen LogP contribution is 2.30. The maximum atomic E-state index is 12.0. The lowest BCUT2D eigenvalue weighted by molar-refractivity contribution is 0.0944. The van der Waals surface area contributed by atoms with Gasteiger partial charge in [-0.25, -0.2) is 0 Å². The van der Waals surface area contributed by atoms with E-state index in [-0.39, 0.29) is 11.5 Å². The van der Waals surface area contributed by atoms with Gasteiger partial charge in [0.25, 0.3) is 11.5 Å². The normalized spacial score (nSPS) is 22.4. The van der Waals surface area contributed by atoms with Crippen LogP contribution in [0.3, 0.4) is 0 Å². The Hall–Kier alpha value is -1.62. The maximum absolute atomic E-state index is 12.0. The second-order valence-corrected chi connectivity index (χ2v) is 5.26. The standard InChI is InChI=1S/C14H21N3O2/c1-17-6-5-10(7-13(17)18)14(19)16-9-12-4-2-3-11(12)8-15/h5-7,11-12H,2-4,8-9,15H2,1H3,(H,16,19). The van der Waals surface area contributed by atoms with Gasteiger partial charge in [0, 0.05) is 31.4 Å². The van der Waals surface area contributed by atoms with Crippen LogP contribution >= 0.6 is 0 Å². The van der Waals surface area contributed by atoms with Gasteiger partial charge in [-0.15, -0.1) is 0 Å². The van der Waals surface area contributed by atoms with Crippen LogP contribution in [0.5, 0.6) is 0 Å². The van der Waals surface area contributed by atoms with Crippen LogP contribution in [-0.2, 0) is 7.05 Å². The van der Waals surface area contributed by atoms with Gasteiger partial charge in [0.15, 0.2) is 0 Å². The van der Waals surface area contributed by atoms with Gasteiger partial charge in [0.05, 0.1) is 0 Å². The number of pyridine rings is 1. The molecule has 0 saturated heterocycles. The number of aromatic nitrogens is 1. The largest absolute Gasteiger partial charge is 0.352 e. The topological polar surface area (TPSA) is 77.1 Å². The molecule has 1 amide bonds. The van der Waals surface area contributed by atoms with Crippen molar-refractivity contribution in [1.82, 2.24) is 9.88 Å². The second kappa shape index (κ2) is 6.02. The summed E-state index contributed by atoms with van der Waals surface area (Å²) in [6.45, 7) is 1.34. The number of carbonyl (C=O) groups excluding carboxylic acids is 1. The van der Waals surface area contributed by atoms with Crippen molar-refractivity contribution in [2.24, 2.45) is 24.6 Å². The fourth-order valence-electron chi connectivity index (χ4n) is 2.71. The number of amides is 1. The lowest BCUT2D eigenvalue weighted by atomic mass is 9.96. The Morgan fingerprint density at radius 3 is 2.89 bits per heavy atom. The van der Waals surface area contributed by atoms with Gasteiger partial charge in [0.2, 0.25) is 0 Å². The summed E-state index contributed by atoms with van der Waals surface area (Å²) in [4.78, 5) is 23.4. The van der Waals surface area contributed by atoms with Crippen LogP contribution in [0.25, 0.3) is 0 Å². The first-order chi connectivity index (χ1) is 9.11. The van der Waals surface area contributed by atoms with E-state index in [1.54, 1.807) is 19.3 Å². The number of nitrogens with zero attached hydrogens (tertiary/aromatic N) is 1. The van der Waals surface area contributed by atoms with Crippen LogP contribution in [0.2, 0.25) is 0 Å². The van der Waals surface area contributed by atoms with Crippen molar-refractivity contribution in [3.05, 3.63) is 34.2 Å². The smallest absolute Gasteiger partial charge is 0.251 e. The third-order valence-corrected chi connectivity index (χ3v) is 4.01. The first kappa shape index (κ1) is 13.8. The zero-order valence-electron chi connectivity index (χ0n) is 11.3. The quantitative estimate of drug-likeness (QED) is 0.830. The van der Waals surface area contributed by atoms with Gasteiger partial charge in [-0.2, -0.15) is 0 Å². The monoisotopic (exact) mass is 263 g/mol. The first-order valence-electron chi connectivity index (χ1n) is 6.76. The lowest BCUT2D eigenvalue weighted by Crippen LogP contribution is -2.33. The van der Waals surface area contributed by atoms with Crippen molar-refractivity contribution in [3.63, 3.8) is 0 Å². The molecule has 0 bridgehead atoms. The molecule has 2 unspecified atom stereocenters. The highest BCUT2D eigenvalue weighted by molar-refractivity contribution is 5.93. The summed E-state index contributed by atoms with van der Waals surface area (Å²) in [6.07, 6.45) is 5.07. The zero-order chi connectivity index (χ0) is 13.8. The van der Waals surface area contributed by atoms with Crippen LogP contribution in [0.1, 0.15) is 29.6 Å². The molecule has 1 heterocycles. The Bertz CT molecular complexity index is 510. The van der Waals surface area contributed by atoms with Crippen molar-refractivity contribution in [2.75, 3.05) is 13.1 Å². The summed E-state index contributed by atoms with van der Waals surface area (Å²) >= 11 is 0. The predicted octanol–water partition coefficient (Wildman–Crippen LogP) is 0.490. The molecule has 0 aromatic carbocycles. The third kappa shape index (κ3) is 3.23. The van der Waals surface area contributed by atoms with E-state index in [0.29, 0.717) is 30.5 Å². The summed E-state index contributed by atoms with van der Waals surface area (Å²) in [7, 11) is 1.66. The van der Waals surface area contributed by atoms with Crippen molar-refractivity contribution in [3.8, 4) is 0 Å². The highest BCUT2D eigenvalue weighted by Gasteiger charge is 2.26. The van der Waals surface area contributed by atoms with Crippen molar-refractivity contribution >= 4 is 5.91 Å². The van der Waals surface area contributed by atoms with Crippen molar-refractivity contribution in [2.45, 2.75) is 19.3 Å². The maximum Gasteiger partial charge on any atom is 0.251 e. The molecule has 2 rings (SSSR count). The molecule has 2 atom stereocenters. The molecule has 5 heteroatoms. The summed E-state index contributed by atoms with van der Waals surface area (Å²) < 4.78 is 1.44. The Balaban J connectivity index is 1.94. The predicted molar refractivity (Wildman–Crippen MR) is 73.9 cm³/mol. The first-order valence-corrected chi connectivity index (χ1v) is 6.76. The molecule has 1 fully saturated rings. The van der Waals surface area contributed by atoms with Gasteiger partial charge in [-0.3, -0.25) is 9.59 Å². The second-order valence-electron chi connectivity index (χ2n) is 5.26. The molecule has 0 spiro atoms. The fourth-order valence-corrected chi connectivity index (χ4v) is 2.71. The highest BCUT2D eigenvalue weighted by atomic mass is 16.2. The summed E-state index contributed by atoms with van der Waals surface area (Å²) in [5.74, 6) is 0.810. The molecule has 1 aliphatic rings. The fraction of sp³-hybridized carbons (Fsp3) is 0.571. The molecule has 5 nitrogen and oxygen atoms in total. The minimum atomic E-state index is -0.180. The van der Waals surface area contributed by atoms with E-state index in [4.69, 9.17) is 5.73 Å². The Morgan fingerprint density at radius 2 is 2.21 bits per heavy atom. The Morgan fingerprint density at radius 1 is 1.47 bits per heavy atom. The van der Waals surface area contributed by atoms with Crippen LogP contribution < -0.4 is 16.6 Å². The van der Waals surface area contributed by atoms with E-state index in [0.717, 1.165) is 12.8 Å². The molecular weight excluding hydrogens is 242 g/mol. The Kier molecular flexibility index (Phi) is 4.37. The lowest BCUT2D eigenvalue weighted by Gasteiger charge is -2.18. The number of rotatable bonds is 4. The zero-order valence-corrected chi connectivity index (χ0v) is 11.3. The minimum absolute atomic E-state index is 0.173. The van der Waals surface area contributed by atoms with Gasteiger partial charge in [-0.05, 0) is 37.3 Å². The summed E-state index contributed by atoms with van der Waals surface area (Å²) in [5, 5.41) is 2.91. The summed E-state index contributed by atoms with van der Waals surface area (Å²) in [5.41, 5.74) is 5.97. The third-order valence-electron chi connectivity index (χ3n) is 4.01. The van der Waals surface area contributed by atoms with E-state index in [1.165, 1.54) is 17.1 Å². The number of carbonyl (C=O) groups is 1. The van der Waals surface area contributed by atoms with E-state index in [2.05, 4.69) is 5.32 Å². The van der Waals surface area contributed by atoms with E-state index in [9.17, 15) is 9.59 Å². The molecule has 0 aliphatic heterocycles. The molecular formula is C14H21N3O2. The summed E-state index contributed by atoms with van der Waals surface area (Å²) in [6, 6.07) is 3.02. The molecule has 104 valence electrons. The number of nitrogens with one attached hydrogen (secondary N) is 1. The molecule has 1 aliphatic carbocycles. The van der Waals surface area contributed by atoms with Crippen LogP contribution in [0.4, 0.5) is 0 Å². The van der Waals surface area contributed by atoms with Gasteiger partial charge >= 0.3 is 0 Å². The van der Waals surface area contributed by atoms with Crippen LogP contribution in [0.15, 0.2) is 23.1 Å². The number of hydrogen-bond acceptors (Lipinski definition) is 3. The SMILES string of the molecule is Cn1ccc(C(=O)NCC2CCCC2CN)cc1=O. The van der Waals surface area contributed by atoms with Gasteiger partial charge in [0.1, 0.15) is 0 Å². The van der Waals surface area contributed by atoms with Gasteiger partial charge < -0.3 is 15.6 Å². The Labute approximate surface area is 112 Å². The number of nitrogens with two attached hydrogens (primary N) is 1. The van der Waals surface area contributed by atoms with Crippen molar-refractivity contribution < 1.29 is 4.79 Å². The van der Waals surface area contributed by atoms with Crippen LogP contribution in [-0.4, -0.2) is 23.6 Å². The van der Waals surface area contributed by atoms with Crippen LogP contribution in [0, 0.1) is 11.8 Å². The molecule has 19 heavy (non-hydrogen) atoms. The van der Waals surface area contributed by atoms with Crippen molar-refractivity contribution in [1.29, 1.82) is 0 Å². The molecule has 0 radical (unpaired) electrons. The van der Waals surface area contributed by atoms with E-state index < -0.39 is 0 Å². The van der Waals surface area contributed by atoms with E-state index in [1.807, 2.05) is 0 Å². The minimum Gasteiger partial charge on any atom is -0.352 e. The van der Waals surface area contributed by atoms with Gasteiger partial charge in [-0.1, -0.05) is 6.42 Å². The van der Waals surface area contributed by atoms with E-state index >= 15 is 0 Å².